The molecule has 1 atom stereocenters. The maximum atomic E-state index is 10.9. The van der Waals surface area contributed by atoms with Crippen LogP contribution in [0.25, 0.3) is 32.7 Å². The average Bonchev–Trinajstić information content (AvgIpc) is 3.04. The summed E-state index contributed by atoms with van der Waals surface area (Å²) in [5.74, 6) is 0.615. The molecule has 5 aromatic rings. The number of para-hydroxylation sites is 1. The summed E-state index contributed by atoms with van der Waals surface area (Å²) in [4.78, 5) is 8.55. The number of fused-ring (bicyclic) bond motifs is 4. The van der Waals surface area contributed by atoms with Gasteiger partial charge < -0.3 is 15.0 Å². The van der Waals surface area contributed by atoms with Crippen LogP contribution >= 0.6 is 43.5 Å². The van der Waals surface area contributed by atoms with Gasteiger partial charge >= 0.3 is 0 Å². The summed E-state index contributed by atoms with van der Waals surface area (Å²) in [6.07, 6.45) is -0.640. The number of aliphatic hydroxyl groups excluding tert-OH is 1. The number of hydrogen-bond acceptors (Lipinski definition) is 4. The molecule has 1 unspecified atom stereocenters. The van der Waals surface area contributed by atoms with E-state index in [4.69, 9.17) is 11.6 Å². The average molecular weight is 561 g/mol. The summed E-state index contributed by atoms with van der Waals surface area (Å²) in [6.45, 7) is 0.762. The Bertz CT molecular complexity index is 1380. The summed E-state index contributed by atoms with van der Waals surface area (Å²) < 4.78 is 4.20. The monoisotopic (exact) mass is 558 g/mol. The molecule has 0 saturated carbocycles. The quantitative estimate of drug-likeness (QED) is 0.245. The van der Waals surface area contributed by atoms with Crippen LogP contribution in [0.3, 0.4) is 0 Å². The normalized spacial score (nSPS) is 12.6. The first-order valence-electron chi connectivity index (χ1n) is 9.71. The number of anilines is 1. The first-order valence-corrected chi connectivity index (χ1v) is 11.7. The molecule has 0 aliphatic heterocycles. The zero-order chi connectivity index (χ0) is 21.5. The largest absolute Gasteiger partial charge is 0.389 e. The zero-order valence-electron chi connectivity index (χ0n) is 16.2. The third-order valence-corrected chi connectivity index (χ3v) is 6.42. The van der Waals surface area contributed by atoms with Gasteiger partial charge in [-0.25, -0.2) is 9.97 Å². The molecule has 156 valence electrons. The highest BCUT2D eigenvalue weighted by Gasteiger charge is 2.15. The maximum Gasteiger partial charge on any atom is 0.224 e. The molecule has 0 amide bonds. The van der Waals surface area contributed by atoms with Crippen LogP contribution in [-0.2, 0) is 6.54 Å². The lowest BCUT2D eigenvalue weighted by Crippen LogP contribution is -2.25. The van der Waals surface area contributed by atoms with Crippen LogP contribution in [0.2, 0.25) is 5.28 Å². The standard InChI is InChI=1S/C23H17Br2ClN4O/c24-13-5-7-20-17(9-13)18-10-14(25)6-8-21(18)30(20)12-15(31)11-27-22-16-3-1-2-4-19(16)28-23(26)29-22/h1-10,15,31H,11-12H2,(H,27,28,29). The number of hydrogen-bond donors (Lipinski definition) is 2. The minimum absolute atomic E-state index is 0.175. The number of aliphatic hydroxyl groups is 1. The number of benzene rings is 3. The van der Waals surface area contributed by atoms with Gasteiger partial charge in [-0.2, -0.15) is 0 Å². The molecule has 3 aromatic carbocycles. The second kappa shape index (κ2) is 8.39. The molecule has 8 heteroatoms. The molecule has 0 saturated heterocycles. The molecular weight excluding hydrogens is 544 g/mol. The molecule has 0 aliphatic rings. The van der Waals surface area contributed by atoms with Gasteiger partial charge in [0.25, 0.3) is 0 Å². The Labute approximate surface area is 200 Å². The van der Waals surface area contributed by atoms with Crippen LogP contribution in [0.5, 0.6) is 0 Å². The lowest BCUT2D eigenvalue weighted by molar-refractivity contribution is 0.169. The van der Waals surface area contributed by atoms with Gasteiger partial charge in [0.2, 0.25) is 5.28 Å². The minimum atomic E-state index is -0.640. The highest BCUT2D eigenvalue weighted by atomic mass is 79.9. The highest BCUT2D eigenvalue weighted by Crippen LogP contribution is 2.33. The molecule has 0 fully saturated rings. The predicted octanol–water partition coefficient (Wildman–Crippen LogP) is 6.39. The Kier molecular flexibility index (Phi) is 5.60. The molecule has 2 aromatic heterocycles. The molecule has 2 heterocycles. The Balaban J connectivity index is 1.45. The van der Waals surface area contributed by atoms with Gasteiger partial charge in [0.05, 0.1) is 18.2 Å². The van der Waals surface area contributed by atoms with E-state index in [1.165, 1.54) is 0 Å². The summed E-state index contributed by atoms with van der Waals surface area (Å²) in [6, 6.07) is 20.1. The fourth-order valence-corrected chi connectivity index (χ4v) is 4.82. The second-order valence-corrected chi connectivity index (χ2v) is 9.50. The number of rotatable bonds is 5. The van der Waals surface area contributed by atoms with Crippen molar-refractivity contribution in [1.82, 2.24) is 14.5 Å². The Morgan fingerprint density at radius 1 is 0.903 bits per heavy atom. The van der Waals surface area contributed by atoms with Gasteiger partial charge in [-0.15, -0.1) is 0 Å². The van der Waals surface area contributed by atoms with Crippen molar-refractivity contribution in [3.8, 4) is 0 Å². The third kappa shape index (κ3) is 4.03. The minimum Gasteiger partial charge on any atom is -0.389 e. The highest BCUT2D eigenvalue weighted by molar-refractivity contribution is 9.10. The summed E-state index contributed by atoms with van der Waals surface area (Å²) >= 11 is 13.2. The summed E-state index contributed by atoms with van der Waals surface area (Å²) in [5, 5.41) is 17.4. The third-order valence-electron chi connectivity index (χ3n) is 5.26. The van der Waals surface area contributed by atoms with Crippen molar-refractivity contribution in [2.75, 3.05) is 11.9 Å². The summed E-state index contributed by atoms with van der Waals surface area (Å²) in [5.41, 5.74) is 2.91. The van der Waals surface area contributed by atoms with Gasteiger partial charge in [0.15, 0.2) is 0 Å². The van der Waals surface area contributed by atoms with Crippen LogP contribution in [0.4, 0.5) is 5.82 Å². The van der Waals surface area contributed by atoms with Crippen molar-refractivity contribution >= 4 is 82.0 Å². The van der Waals surface area contributed by atoms with E-state index < -0.39 is 6.10 Å². The van der Waals surface area contributed by atoms with Gasteiger partial charge in [0.1, 0.15) is 5.82 Å². The Morgan fingerprint density at radius 3 is 2.23 bits per heavy atom. The van der Waals surface area contributed by atoms with Crippen molar-refractivity contribution in [2.24, 2.45) is 0 Å². The summed E-state index contributed by atoms with van der Waals surface area (Å²) in [7, 11) is 0. The van der Waals surface area contributed by atoms with Crippen molar-refractivity contribution < 1.29 is 5.11 Å². The van der Waals surface area contributed by atoms with E-state index in [9.17, 15) is 5.11 Å². The molecule has 5 nitrogen and oxygen atoms in total. The van der Waals surface area contributed by atoms with Crippen molar-refractivity contribution in [3.63, 3.8) is 0 Å². The number of nitrogens with zero attached hydrogens (tertiary/aromatic N) is 3. The topological polar surface area (TPSA) is 63.0 Å². The molecule has 0 aliphatic carbocycles. The van der Waals surface area contributed by atoms with E-state index in [1.807, 2.05) is 36.4 Å². The molecule has 0 spiro atoms. The first-order chi connectivity index (χ1) is 15.0. The lowest BCUT2D eigenvalue weighted by atomic mass is 10.2. The van der Waals surface area contributed by atoms with E-state index in [2.05, 4.69) is 76.0 Å². The molecule has 31 heavy (non-hydrogen) atoms. The molecule has 2 N–H and O–H groups in total. The lowest BCUT2D eigenvalue weighted by Gasteiger charge is -2.16. The van der Waals surface area contributed by atoms with Crippen LogP contribution in [-0.4, -0.2) is 32.3 Å². The fourth-order valence-electron chi connectivity index (χ4n) is 3.92. The smallest absolute Gasteiger partial charge is 0.224 e. The molecular formula is C23H17Br2ClN4O. The molecule has 0 bridgehead atoms. The van der Waals surface area contributed by atoms with Gasteiger partial charge in [-0.3, -0.25) is 0 Å². The van der Waals surface area contributed by atoms with Gasteiger partial charge in [-0.05, 0) is 60.1 Å². The number of halogens is 3. The molecule has 5 rings (SSSR count). The number of aromatic nitrogens is 3. The van der Waals surface area contributed by atoms with Gasteiger partial charge in [0, 0.05) is 42.7 Å². The van der Waals surface area contributed by atoms with Crippen LogP contribution in [0, 0.1) is 0 Å². The molecule has 0 radical (unpaired) electrons. The van der Waals surface area contributed by atoms with Crippen molar-refractivity contribution in [1.29, 1.82) is 0 Å². The Morgan fingerprint density at radius 2 is 1.55 bits per heavy atom. The van der Waals surface area contributed by atoms with Crippen molar-refractivity contribution in [2.45, 2.75) is 12.6 Å². The van der Waals surface area contributed by atoms with Crippen LogP contribution in [0.1, 0.15) is 0 Å². The van der Waals surface area contributed by atoms with Crippen LogP contribution in [0.15, 0.2) is 69.6 Å². The van der Waals surface area contributed by atoms with E-state index >= 15 is 0 Å². The fraction of sp³-hybridized carbons (Fsp3) is 0.130. The van der Waals surface area contributed by atoms with E-state index in [-0.39, 0.29) is 5.28 Å². The van der Waals surface area contributed by atoms with Crippen LogP contribution < -0.4 is 5.32 Å². The number of nitrogens with one attached hydrogen (secondary N) is 1. The first kappa shape index (κ1) is 20.7. The predicted molar refractivity (Wildman–Crippen MR) is 134 cm³/mol. The maximum absolute atomic E-state index is 10.9. The van der Waals surface area contributed by atoms with E-state index in [1.54, 1.807) is 0 Å². The van der Waals surface area contributed by atoms with E-state index in [0.717, 1.165) is 41.7 Å². The van der Waals surface area contributed by atoms with Crippen molar-refractivity contribution in [3.05, 3.63) is 74.9 Å². The second-order valence-electron chi connectivity index (χ2n) is 7.33. The zero-order valence-corrected chi connectivity index (χ0v) is 20.1. The SMILES string of the molecule is OC(CNc1nc(Cl)nc2ccccc12)Cn1c2ccc(Br)cc2c2cc(Br)ccc21. The van der Waals surface area contributed by atoms with E-state index in [0.29, 0.717) is 18.9 Å². The Hall–Kier alpha value is -2.19. The van der Waals surface area contributed by atoms with Gasteiger partial charge in [-0.1, -0.05) is 44.0 Å².